The second kappa shape index (κ2) is 8.39. The molecular weight excluding hydrogens is 254 g/mol. The van der Waals surface area contributed by atoms with Crippen LogP contribution in [0.2, 0.25) is 0 Å². The molecule has 0 aliphatic rings. The normalized spacial score (nSPS) is 14.4. The molecule has 1 rings (SSSR count). The Morgan fingerprint density at radius 1 is 1.21 bits per heavy atom. The fraction of sp³-hybridized carbons (Fsp3) is 0.562. The Morgan fingerprint density at radius 3 is 2.32 bits per heavy atom. The molecule has 1 aromatic rings. The highest BCUT2D eigenvalue weighted by Crippen LogP contribution is 2.17. The van der Waals surface area contributed by atoms with Gasteiger partial charge in [0.1, 0.15) is 0 Å². The van der Waals surface area contributed by atoms with Gasteiger partial charge in [0.2, 0.25) is 0 Å². The number of likely N-dealkylation sites (N-methyl/N-ethyl adjacent to an activating group) is 1. The largest absolute Gasteiger partial charge is 0.293 e. The molecule has 0 heterocycles. The zero-order valence-corrected chi connectivity index (χ0v) is 13.2. The Kier molecular flexibility index (Phi) is 7.17. The number of thioether (sulfide) groups is 1. The predicted molar refractivity (Wildman–Crippen MR) is 85.1 cm³/mol. The third-order valence-corrected chi connectivity index (χ3v) is 4.36. The molecule has 2 nitrogen and oxygen atoms in total. The van der Waals surface area contributed by atoms with Crippen LogP contribution in [0.5, 0.6) is 0 Å². The van der Waals surface area contributed by atoms with Crippen molar-refractivity contribution in [3.05, 3.63) is 35.9 Å². The van der Waals surface area contributed by atoms with Gasteiger partial charge in [-0.3, -0.25) is 9.69 Å². The van der Waals surface area contributed by atoms with Crippen LogP contribution in [0.3, 0.4) is 0 Å². The maximum absolute atomic E-state index is 12.6. The standard InChI is InChI=1S/C16H25NOS/c1-5-14(12-19-4)17(3)15(6-2)16(18)13-10-8-7-9-11-13/h7-11,14-15H,5-6,12H2,1-4H3. The molecule has 0 fully saturated rings. The van der Waals surface area contributed by atoms with Gasteiger partial charge in [0, 0.05) is 17.4 Å². The van der Waals surface area contributed by atoms with E-state index in [4.69, 9.17) is 0 Å². The van der Waals surface area contributed by atoms with Crippen LogP contribution in [0.15, 0.2) is 30.3 Å². The average molecular weight is 279 g/mol. The number of rotatable bonds is 8. The SMILES string of the molecule is CCC(CSC)N(C)C(CC)C(=O)c1ccccc1. The van der Waals surface area contributed by atoms with Gasteiger partial charge in [-0.1, -0.05) is 44.2 Å². The fourth-order valence-electron chi connectivity index (χ4n) is 2.42. The number of benzene rings is 1. The summed E-state index contributed by atoms with van der Waals surface area (Å²) in [4.78, 5) is 14.8. The molecular formula is C16H25NOS. The number of carbonyl (C=O) groups is 1. The fourth-order valence-corrected chi connectivity index (χ4v) is 3.28. The van der Waals surface area contributed by atoms with Gasteiger partial charge in [0.05, 0.1) is 6.04 Å². The zero-order valence-electron chi connectivity index (χ0n) is 12.4. The summed E-state index contributed by atoms with van der Waals surface area (Å²) < 4.78 is 0. The molecule has 2 atom stereocenters. The van der Waals surface area contributed by atoms with Crippen LogP contribution < -0.4 is 0 Å². The summed E-state index contributed by atoms with van der Waals surface area (Å²) in [6, 6.07) is 10.1. The molecule has 0 N–H and O–H groups in total. The molecule has 0 aromatic heterocycles. The van der Waals surface area contributed by atoms with Gasteiger partial charge in [-0.05, 0) is 26.1 Å². The van der Waals surface area contributed by atoms with E-state index in [1.165, 1.54) is 0 Å². The van der Waals surface area contributed by atoms with Gasteiger partial charge >= 0.3 is 0 Å². The Balaban J connectivity index is 2.84. The van der Waals surface area contributed by atoms with Crippen molar-refractivity contribution in [2.45, 2.75) is 38.8 Å². The van der Waals surface area contributed by atoms with E-state index >= 15 is 0 Å². The van der Waals surface area contributed by atoms with Crippen LogP contribution in [0.25, 0.3) is 0 Å². The minimum absolute atomic E-state index is 0.0144. The Hall–Kier alpha value is -0.800. The van der Waals surface area contributed by atoms with Crippen molar-refractivity contribution in [3.63, 3.8) is 0 Å². The van der Waals surface area contributed by atoms with E-state index in [0.29, 0.717) is 6.04 Å². The molecule has 0 radical (unpaired) electrons. The van der Waals surface area contributed by atoms with Crippen LogP contribution >= 0.6 is 11.8 Å². The smallest absolute Gasteiger partial charge is 0.179 e. The molecule has 106 valence electrons. The van der Waals surface area contributed by atoms with Crippen molar-refractivity contribution < 1.29 is 4.79 Å². The highest BCUT2D eigenvalue weighted by atomic mass is 32.2. The van der Waals surface area contributed by atoms with Crippen molar-refractivity contribution in [2.75, 3.05) is 19.1 Å². The first kappa shape index (κ1) is 16.3. The molecule has 3 heteroatoms. The third-order valence-electron chi connectivity index (χ3n) is 3.65. The summed E-state index contributed by atoms with van der Waals surface area (Å²) >= 11 is 1.85. The zero-order chi connectivity index (χ0) is 14.3. The topological polar surface area (TPSA) is 20.3 Å². The number of carbonyl (C=O) groups excluding carboxylic acids is 1. The molecule has 0 aliphatic heterocycles. The van der Waals surface area contributed by atoms with Crippen molar-refractivity contribution in [2.24, 2.45) is 0 Å². The van der Waals surface area contributed by atoms with Crippen LogP contribution in [0.1, 0.15) is 37.0 Å². The second-order valence-corrected chi connectivity index (χ2v) is 5.75. The van der Waals surface area contributed by atoms with E-state index < -0.39 is 0 Å². The molecule has 1 aromatic carbocycles. The second-order valence-electron chi connectivity index (χ2n) is 4.84. The highest BCUT2D eigenvalue weighted by molar-refractivity contribution is 7.98. The summed E-state index contributed by atoms with van der Waals surface area (Å²) in [5.74, 6) is 1.32. The molecule has 2 unspecified atom stereocenters. The molecule has 0 spiro atoms. The minimum atomic E-state index is -0.0144. The van der Waals surface area contributed by atoms with Crippen LogP contribution in [-0.2, 0) is 0 Å². The van der Waals surface area contributed by atoms with Gasteiger partial charge in [-0.2, -0.15) is 11.8 Å². The summed E-state index contributed by atoms with van der Waals surface area (Å²) in [6.07, 6.45) is 4.06. The Labute approximate surface area is 121 Å². The molecule has 19 heavy (non-hydrogen) atoms. The van der Waals surface area contributed by atoms with E-state index in [1.54, 1.807) is 0 Å². The Bertz CT molecular complexity index is 380. The lowest BCUT2D eigenvalue weighted by atomic mass is 9.99. The predicted octanol–water partition coefficient (Wildman–Crippen LogP) is 3.72. The van der Waals surface area contributed by atoms with Gasteiger partial charge in [-0.25, -0.2) is 0 Å². The quantitative estimate of drug-likeness (QED) is 0.676. The number of hydrogen-bond acceptors (Lipinski definition) is 3. The molecule has 0 bridgehead atoms. The van der Waals surface area contributed by atoms with Gasteiger partial charge in [-0.15, -0.1) is 0 Å². The van der Waals surface area contributed by atoms with Crippen LogP contribution in [0.4, 0.5) is 0 Å². The number of ketones is 1. The summed E-state index contributed by atoms with van der Waals surface area (Å²) in [5.41, 5.74) is 0.820. The number of hydrogen-bond donors (Lipinski definition) is 0. The lowest BCUT2D eigenvalue weighted by Crippen LogP contribution is -2.45. The third kappa shape index (κ3) is 4.36. The average Bonchev–Trinajstić information content (AvgIpc) is 2.46. The summed E-state index contributed by atoms with van der Waals surface area (Å²) in [7, 11) is 2.08. The van der Waals surface area contributed by atoms with E-state index in [2.05, 4.69) is 32.1 Å². The lowest BCUT2D eigenvalue weighted by Gasteiger charge is -2.33. The van der Waals surface area contributed by atoms with E-state index in [0.717, 1.165) is 24.2 Å². The number of nitrogens with zero attached hydrogens (tertiary/aromatic N) is 1. The summed E-state index contributed by atoms with van der Waals surface area (Å²) in [5, 5.41) is 0. The molecule has 0 saturated heterocycles. The van der Waals surface area contributed by atoms with Crippen molar-refractivity contribution in [1.29, 1.82) is 0 Å². The van der Waals surface area contributed by atoms with Gasteiger partial charge in [0.15, 0.2) is 5.78 Å². The van der Waals surface area contributed by atoms with E-state index in [-0.39, 0.29) is 11.8 Å². The van der Waals surface area contributed by atoms with Crippen molar-refractivity contribution in [1.82, 2.24) is 4.90 Å². The minimum Gasteiger partial charge on any atom is -0.293 e. The van der Waals surface area contributed by atoms with Crippen molar-refractivity contribution in [3.8, 4) is 0 Å². The maximum atomic E-state index is 12.6. The molecule has 0 amide bonds. The number of Topliss-reactive ketones (excluding diaryl/α,β-unsaturated/α-hetero) is 1. The molecule has 0 saturated carbocycles. The monoisotopic (exact) mass is 279 g/mol. The first-order valence-electron chi connectivity index (χ1n) is 6.95. The van der Waals surface area contributed by atoms with Crippen molar-refractivity contribution >= 4 is 17.5 Å². The Morgan fingerprint density at radius 2 is 1.84 bits per heavy atom. The van der Waals surface area contributed by atoms with Crippen LogP contribution in [0, 0.1) is 0 Å². The van der Waals surface area contributed by atoms with Crippen LogP contribution in [-0.4, -0.2) is 41.8 Å². The van der Waals surface area contributed by atoms with Gasteiger partial charge < -0.3 is 0 Å². The first-order valence-corrected chi connectivity index (χ1v) is 8.35. The first-order chi connectivity index (χ1) is 9.15. The highest BCUT2D eigenvalue weighted by Gasteiger charge is 2.26. The maximum Gasteiger partial charge on any atom is 0.179 e. The molecule has 0 aliphatic carbocycles. The van der Waals surface area contributed by atoms with Gasteiger partial charge in [0.25, 0.3) is 0 Å². The van der Waals surface area contributed by atoms with E-state index in [1.807, 2.05) is 42.1 Å². The summed E-state index contributed by atoms with van der Waals surface area (Å²) in [6.45, 7) is 4.28. The lowest BCUT2D eigenvalue weighted by molar-refractivity contribution is 0.0797. The van der Waals surface area contributed by atoms with E-state index in [9.17, 15) is 4.79 Å².